The Kier molecular flexibility index (Phi) is 5.11. The van der Waals surface area contributed by atoms with Crippen LogP contribution >= 0.6 is 0 Å². The Morgan fingerprint density at radius 1 is 1.33 bits per heavy atom. The van der Waals surface area contributed by atoms with E-state index in [-0.39, 0.29) is 18.6 Å². The van der Waals surface area contributed by atoms with E-state index in [4.69, 9.17) is 0 Å². The number of rotatable bonds is 6. The van der Waals surface area contributed by atoms with Crippen molar-refractivity contribution in [1.29, 1.82) is 0 Å². The second kappa shape index (κ2) is 7.04. The van der Waals surface area contributed by atoms with Crippen molar-refractivity contribution in [3.8, 4) is 0 Å². The third kappa shape index (κ3) is 3.92. The van der Waals surface area contributed by atoms with Gasteiger partial charge in [-0.05, 0) is 24.0 Å². The molecule has 0 saturated heterocycles. The van der Waals surface area contributed by atoms with Crippen molar-refractivity contribution in [3.63, 3.8) is 0 Å². The van der Waals surface area contributed by atoms with E-state index < -0.39 is 0 Å². The molecular formula is C16H21N3O2. The monoisotopic (exact) mass is 287 g/mol. The molecule has 0 bridgehead atoms. The number of nitrogens with one attached hydrogen (secondary N) is 2. The molecule has 21 heavy (non-hydrogen) atoms. The molecule has 0 aliphatic carbocycles. The first-order valence-corrected chi connectivity index (χ1v) is 7.13. The van der Waals surface area contributed by atoms with Crippen LogP contribution in [0.15, 0.2) is 36.4 Å². The molecule has 1 unspecified atom stereocenters. The van der Waals surface area contributed by atoms with Gasteiger partial charge in [0.2, 0.25) is 0 Å². The molecule has 0 aliphatic rings. The lowest BCUT2D eigenvalue weighted by Gasteiger charge is -2.17. The fourth-order valence-electron chi connectivity index (χ4n) is 2.12. The van der Waals surface area contributed by atoms with Crippen molar-refractivity contribution in [2.24, 2.45) is 0 Å². The largest absolute Gasteiger partial charge is 0.396 e. The van der Waals surface area contributed by atoms with Gasteiger partial charge in [0.15, 0.2) is 0 Å². The standard InChI is InChI=1S/C16H21N3O2/c1-11(2)14-10-15(19-18-14)16(21)17-13(8-9-20)12-6-4-3-5-7-12/h3-7,10-11,13,20H,8-9H2,1-2H3,(H,17,21)(H,18,19). The zero-order valence-electron chi connectivity index (χ0n) is 12.3. The summed E-state index contributed by atoms with van der Waals surface area (Å²) in [4.78, 5) is 12.3. The van der Waals surface area contributed by atoms with Crippen LogP contribution < -0.4 is 5.32 Å². The van der Waals surface area contributed by atoms with Gasteiger partial charge in [-0.25, -0.2) is 0 Å². The number of aromatic nitrogens is 2. The number of hydrogen-bond donors (Lipinski definition) is 3. The van der Waals surface area contributed by atoms with Crippen molar-refractivity contribution in [2.45, 2.75) is 32.2 Å². The molecule has 3 N–H and O–H groups in total. The summed E-state index contributed by atoms with van der Waals surface area (Å²) in [7, 11) is 0. The Balaban J connectivity index is 2.11. The number of carbonyl (C=O) groups is 1. The number of aliphatic hydroxyl groups is 1. The number of H-pyrrole nitrogens is 1. The van der Waals surface area contributed by atoms with Crippen LogP contribution in [0.3, 0.4) is 0 Å². The minimum Gasteiger partial charge on any atom is -0.396 e. The first kappa shape index (κ1) is 15.3. The quantitative estimate of drug-likeness (QED) is 0.763. The maximum Gasteiger partial charge on any atom is 0.272 e. The van der Waals surface area contributed by atoms with Gasteiger partial charge in [0.1, 0.15) is 5.69 Å². The van der Waals surface area contributed by atoms with Gasteiger partial charge < -0.3 is 10.4 Å². The Labute approximate surface area is 124 Å². The van der Waals surface area contributed by atoms with Crippen LogP contribution in [0.1, 0.15) is 54.0 Å². The summed E-state index contributed by atoms with van der Waals surface area (Å²) in [5.74, 6) is 0.0573. The van der Waals surface area contributed by atoms with Crippen LogP contribution in [-0.2, 0) is 0 Å². The highest BCUT2D eigenvalue weighted by Crippen LogP contribution is 2.17. The molecule has 112 valence electrons. The molecule has 0 aliphatic heterocycles. The lowest BCUT2D eigenvalue weighted by molar-refractivity contribution is 0.0925. The van der Waals surface area contributed by atoms with Gasteiger partial charge in [-0.2, -0.15) is 5.10 Å². The number of hydrogen-bond acceptors (Lipinski definition) is 3. The minimum atomic E-state index is -0.236. The van der Waals surface area contributed by atoms with Gasteiger partial charge in [0, 0.05) is 12.3 Å². The summed E-state index contributed by atoms with van der Waals surface area (Å²) in [6.07, 6.45) is 0.469. The third-order valence-corrected chi connectivity index (χ3v) is 3.38. The van der Waals surface area contributed by atoms with Crippen LogP contribution in [0.5, 0.6) is 0 Å². The van der Waals surface area contributed by atoms with Crippen molar-refractivity contribution < 1.29 is 9.90 Å². The first-order chi connectivity index (χ1) is 10.1. The number of amides is 1. The molecule has 5 nitrogen and oxygen atoms in total. The smallest absolute Gasteiger partial charge is 0.272 e. The highest BCUT2D eigenvalue weighted by molar-refractivity contribution is 5.92. The summed E-state index contributed by atoms with van der Waals surface area (Å²) >= 11 is 0. The fourth-order valence-corrected chi connectivity index (χ4v) is 2.12. The summed E-state index contributed by atoms with van der Waals surface area (Å²) in [6, 6.07) is 11.2. The van der Waals surface area contributed by atoms with E-state index in [9.17, 15) is 9.90 Å². The molecule has 0 saturated carbocycles. The summed E-state index contributed by atoms with van der Waals surface area (Å²) < 4.78 is 0. The molecule has 2 rings (SSSR count). The average molecular weight is 287 g/mol. The van der Waals surface area contributed by atoms with Gasteiger partial charge in [0.25, 0.3) is 5.91 Å². The Morgan fingerprint density at radius 2 is 2.05 bits per heavy atom. The van der Waals surface area contributed by atoms with E-state index in [1.807, 2.05) is 44.2 Å². The molecule has 1 aromatic carbocycles. The molecule has 0 fully saturated rings. The Morgan fingerprint density at radius 3 is 2.62 bits per heavy atom. The lowest BCUT2D eigenvalue weighted by Crippen LogP contribution is -2.29. The minimum absolute atomic E-state index is 0.0116. The predicted molar refractivity (Wildman–Crippen MR) is 81.0 cm³/mol. The molecule has 1 aromatic heterocycles. The molecule has 1 amide bonds. The molecule has 0 spiro atoms. The fraction of sp³-hybridized carbons (Fsp3) is 0.375. The van der Waals surface area contributed by atoms with Crippen LogP contribution in [0.25, 0.3) is 0 Å². The normalized spacial score (nSPS) is 12.4. The molecule has 5 heteroatoms. The number of nitrogens with zero attached hydrogens (tertiary/aromatic N) is 1. The maximum atomic E-state index is 12.3. The highest BCUT2D eigenvalue weighted by atomic mass is 16.3. The van der Waals surface area contributed by atoms with Crippen molar-refractivity contribution in [2.75, 3.05) is 6.61 Å². The van der Waals surface area contributed by atoms with Gasteiger partial charge in [-0.1, -0.05) is 44.2 Å². The molecule has 1 heterocycles. The SMILES string of the molecule is CC(C)c1cc(C(=O)NC(CCO)c2ccccc2)n[nH]1. The van der Waals surface area contributed by atoms with E-state index in [1.165, 1.54) is 0 Å². The average Bonchev–Trinajstić information content (AvgIpc) is 2.98. The van der Waals surface area contributed by atoms with E-state index in [0.29, 0.717) is 18.0 Å². The van der Waals surface area contributed by atoms with Gasteiger partial charge >= 0.3 is 0 Å². The maximum absolute atomic E-state index is 12.3. The second-order valence-electron chi connectivity index (χ2n) is 5.31. The number of aromatic amines is 1. The highest BCUT2D eigenvalue weighted by Gasteiger charge is 2.17. The summed E-state index contributed by atoms with van der Waals surface area (Å²) in [5.41, 5.74) is 2.27. The van der Waals surface area contributed by atoms with Gasteiger partial charge in [-0.3, -0.25) is 9.89 Å². The summed E-state index contributed by atoms with van der Waals surface area (Å²) in [5, 5.41) is 19.0. The predicted octanol–water partition coefficient (Wildman–Crippen LogP) is 2.39. The topological polar surface area (TPSA) is 78.0 Å². The van der Waals surface area contributed by atoms with Crippen LogP contribution in [0, 0.1) is 0 Å². The van der Waals surface area contributed by atoms with Crippen LogP contribution in [0.4, 0.5) is 0 Å². The van der Waals surface area contributed by atoms with Crippen molar-refractivity contribution >= 4 is 5.91 Å². The Hall–Kier alpha value is -2.14. The summed E-state index contributed by atoms with van der Waals surface area (Å²) in [6.45, 7) is 4.08. The Bertz CT molecular complexity index is 578. The lowest BCUT2D eigenvalue weighted by atomic mass is 10.0. The second-order valence-corrected chi connectivity index (χ2v) is 5.31. The van der Waals surface area contributed by atoms with Crippen LogP contribution in [0.2, 0.25) is 0 Å². The molecular weight excluding hydrogens is 266 g/mol. The van der Waals surface area contributed by atoms with Gasteiger partial charge in [-0.15, -0.1) is 0 Å². The number of carbonyl (C=O) groups excluding carboxylic acids is 1. The van der Waals surface area contributed by atoms with Crippen molar-refractivity contribution in [1.82, 2.24) is 15.5 Å². The zero-order valence-corrected chi connectivity index (χ0v) is 12.3. The van der Waals surface area contributed by atoms with E-state index >= 15 is 0 Å². The first-order valence-electron chi connectivity index (χ1n) is 7.13. The molecule has 1 atom stereocenters. The number of benzene rings is 1. The number of aliphatic hydroxyl groups excluding tert-OH is 1. The zero-order chi connectivity index (χ0) is 15.2. The van der Waals surface area contributed by atoms with E-state index in [0.717, 1.165) is 11.3 Å². The van der Waals surface area contributed by atoms with Crippen LogP contribution in [-0.4, -0.2) is 27.8 Å². The van der Waals surface area contributed by atoms with E-state index in [1.54, 1.807) is 6.07 Å². The molecule has 0 radical (unpaired) electrons. The van der Waals surface area contributed by atoms with E-state index in [2.05, 4.69) is 15.5 Å². The third-order valence-electron chi connectivity index (χ3n) is 3.38. The molecule has 2 aromatic rings. The van der Waals surface area contributed by atoms with Crippen molar-refractivity contribution in [3.05, 3.63) is 53.3 Å². The van der Waals surface area contributed by atoms with Gasteiger partial charge in [0.05, 0.1) is 6.04 Å².